The van der Waals surface area contributed by atoms with Gasteiger partial charge in [-0.2, -0.15) is 0 Å². The lowest BCUT2D eigenvalue weighted by Crippen LogP contribution is -2.21. The number of nitrogens with one attached hydrogen (secondary N) is 1. The normalized spacial score (nSPS) is 11.3. The Morgan fingerprint density at radius 3 is 2.68 bits per heavy atom. The molecule has 3 nitrogen and oxygen atoms in total. The molecule has 1 aromatic heterocycles. The average Bonchev–Trinajstić information content (AvgIpc) is 2.80. The molecular weight excluding hydrogens is 268 g/mol. The van der Waals surface area contributed by atoms with Gasteiger partial charge in [0.05, 0.1) is 5.56 Å². The van der Waals surface area contributed by atoms with Gasteiger partial charge in [-0.15, -0.1) is 10.2 Å². The maximum Gasteiger partial charge on any atom is 0.153 e. The van der Waals surface area contributed by atoms with Crippen LogP contribution in [0, 0.1) is 18.6 Å². The molecular formula is C13H15F2N3S. The zero-order valence-corrected chi connectivity index (χ0v) is 11.8. The van der Waals surface area contributed by atoms with Crippen molar-refractivity contribution in [2.75, 3.05) is 0 Å². The lowest BCUT2D eigenvalue weighted by Gasteiger charge is -2.04. The predicted molar refractivity (Wildman–Crippen MR) is 72.0 cm³/mol. The van der Waals surface area contributed by atoms with Crippen molar-refractivity contribution in [1.82, 2.24) is 15.5 Å². The summed E-state index contributed by atoms with van der Waals surface area (Å²) < 4.78 is 27.7. The number of halogens is 2. The lowest BCUT2D eigenvalue weighted by molar-refractivity contribution is 0.582. The smallest absolute Gasteiger partial charge is 0.153 e. The van der Waals surface area contributed by atoms with Gasteiger partial charge in [-0.05, 0) is 18.6 Å². The summed E-state index contributed by atoms with van der Waals surface area (Å²) in [5.74, 6) is -1.18. The molecule has 0 unspecified atom stereocenters. The van der Waals surface area contributed by atoms with Crippen LogP contribution in [0.3, 0.4) is 0 Å². The van der Waals surface area contributed by atoms with Crippen LogP contribution in [0.4, 0.5) is 8.78 Å². The fourth-order valence-corrected chi connectivity index (χ4v) is 2.40. The molecule has 0 bridgehead atoms. The van der Waals surface area contributed by atoms with E-state index in [4.69, 9.17) is 0 Å². The first kappa shape index (κ1) is 14.0. The largest absolute Gasteiger partial charge is 0.308 e. The van der Waals surface area contributed by atoms with Crippen LogP contribution < -0.4 is 5.32 Å². The maximum absolute atomic E-state index is 14.0. The minimum absolute atomic E-state index is 0.0895. The molecule has 2 rings (SSSR count). The van der Waals surface area contributed by atoms with E-state index in [0.717, 1.165) is 0 Å². The molecule has 0 radical (unpaired) electrons. The van der Waals surface area contributed by atoms with Gasteiger partial charge < -0.3 is 5.32 Å². The van der Waals surface area contributed by atoms with Crippen molar-refractivity contribution in [1.29, 1.82) is 0 Å². The standard InChI is InChI=1S/C13H15F2N3S/c1-7(2)16-6-10-17-18-13(19-10)11-9(14)5-4-8(3)12(11)15/h4-5,7,16H,6H2,1-3H3. The van der Waals surface area contributed by atoms with Gasteiger partial charge in [-0.1, -0.05) is 31.3 Å². The summed E-state index contributed by atoms with van der Waals surface area (Å²) in [4.78, 5) is 0. The number of hydrogen-bond acceptors (Lipinski definition) is 4. The molecule has 1 N–H and O–H groups in total. The molecule has 0 atom stereocenters. The molecule has 6 heteroatoms. The number of aromatic nitrogens is 2. The zero-order chi connectivity index (χ0) is 14.0. The summed E-state index contributed by atoms with van der Waals surface area (Å²) in [5, 5.41) is 12.0. The van der Waals surface area contributed by atoms with Crippen molar-refractivity contribution in [3.05, 3.63) is 34.3 Å². The first-order valence-corrected chi connectivity index (χ1v) is 6.81. The van der Waals surface area contributed by atoms with Crippen LogP contribution in [0.1, 0.15) is 24.4 Å². The van der Waals surface area contributed by atoms with Crippen molar-refractivity contribution in [2.45, 2.75) is 33.4 Å². The summed E-state index contributed by atoms with van der Waals surface area (Å²) in [7, 11) is 0. The summed E-state index contributed by atoms with van der Waals surface area (Å²) in [6.07, 6.45) is 0. The molecule has 0 aliphatic heterocycles. The molecule has 0 amide bonds. The molecule has 19 heavy (non-hydrogen) atoms. The van der Waals surface area contributed by atoms with Gasteiger partial charge in [0, 0.05) is 12.6 Å². The van der Waals surface area contributed by atoms with E-state index in [1.165, 1.54) is 23.5 Å². The Kier molecular flexibility index (Phi) is 4.21. The van der Waals surface area contributed by atoms with E-state index in [0.29, 0.717) is 23.2 Å². The highest BCUT2D eigenvalue weighted by Crippen LogP contribution is 2.30. The van der Waals surface area contributed by atoms with Crippen LogP contribution in [0.15, 0.2) is 12.1 Å². The fraction of sp³-hybridized carbons (Fsp3) is 0.385. The SMILES string of the molecule is Cc1ccc(F)c(-c2nnc(CNC(C)C)s2)c1F. The highest BCUT2D eigenvalue weighted by molar-refractivity contribution is 7.14. The number of benzene rings is 1. The second kappa shape index (κ2) is 5.71. The Labute approximate surface area is 114 Å². The van der Waals surface area contributed by atoms with E-state index in [2.05, 4.69) is 15.5 Å². The summed E-state index contributed by atoms with van der Waals surface area (Å²) in [5.41, 5.74) is 0.307. The van der Waals surface area contributed by atoms with Crippen molar-refractivity contribution in [3.8, 4) is 10.6 Å². The third kappa shape index (κ3) is 3.13. The van der Waals surface area contributed by atoms with E-state index in [1.807, 2.05) is 13.8 Å². The first-order chi connectivity index (χ1) is 8.99. The molecule has 2 aromatic rings. The van der Waals surface area contributed by atoms with Crippen molar-refractivity contribution >= 4 is 11.3 Å². The number of aryl methyl sites for hydroxylation is 1. The Bertz CT molecular complexity index is 581. The number of hydrogen-bond donors (Lipinski definition) is 1. The van der Waals surface area contributed by atoms with E-state index in [1.54, 1.807) is 6.92 Å². The predicted octanol–water partition coefficient (Wildman–Crippen LogP) is 3.29. The van der Waals surface area contributed by atoms with Crippen molar-refractivity contribution in [3.63, 3.8) is 0 Å². The van der Waals surface area contributed by atoms with Gasteiger partial charge in [0.25, 0.3) is 0 Å². The number of rotatable bonds is 4. The third-order valence-corrected chi connectivity index (χ3v) is 3.57. The monoisotopic (exact) mass is 283 g/mol. The van der Waals surface area contributed by atoms with Crippen LogP contribution >= 0.6 is 11.3 Å². The minimum atomic E-state index is -0.609. The Balaban J connectivity index is 2.30. The molecule has 102 valence electrons. The molecule has 1 heterocycles. The van der Waals surface area contributed by atoms with E-state index >= 15 is 0 Å². The van der Waals surface area contributed by atoms with Crippen LogP contribution in [0.2, 0.25) is 0 Å². The second-order valence-corrected chi connectivity index (χ2v) is 5.65. The van der Waals surface area contributed by atoms with Gasteiger partial charge in [0.2, 0.25) is 0 Å². The summed E-state index contributed by atoms with van der Waals surface area (Å²) in [6, 6.07) is 2.98. The molecule has 0 aliphatic rings. The van der Waals surface area contributed by atoms with Crippen LogP contribution in [0.5, 0.6) is 0 Å². The van der Waals surface area contributed by atoms with Gasteiger partial charge in [-0.25, -0.2) is 8.78 Å². The minimum Gasteiger partial charge on any atom is -0.308 e. The Morgan fingerprint density at radius 2 is 2.00 bits per heavy atom. The maximum atomic E-state index is 14.0. The molecule has 0 aliphatic carbocycles. The van der Waals surface area contributed by atoms with Gasteiger partial charge >= 0.3 is 0 Å². The summed E-state index contributed by atoms with van der Waals surface area (Å²) in [6.45, 7) is 6.18. The van der Waals surface area contributed by atoms with Gasteiger partial charge in [0.15, 0.2) is 5.01 Å². The number of nitrogens with zero attached hydrogens (tertiary/aromatic N) is 2. The highest BCUT2D eigenvalue weighted by atomic mass is 32.1. The van der Waals surface area contributed by atoms with E-state index < -0.39 is 11.6 Å². The van der Waals surface area contributed by atoms with E-state index in [9.17, 15) is 8.78 Å². The van der Waals surface area contributed by atoms with Crippen LogP contribution in [0.25, 0.3) is 10.6 Å². The van der Waals surface area contributed by atoms with Gasteiger partial charge in [0.1, 0.15) is 16.6 Å². The van der Waals surface area contributed by atoms with Crippen LogP contribution in [-0.2, 0) is 6.54 Å². The highest BCUT2D eigenvalue weighted by Gasteiger charge is 2.17. The van der Waals surface area contributed by atoms with Crippen molar-refractivity contribution < 1.29 is 8.78 Å². The second-order valence-electron chi connectivity index (χ2n) is 4.59. The molecule has 0 spiro atoms. The average molecular weight is 283 g/mol. The van der Waals surface area contributed by atoms with Crippen LogP contribution in [-0.4, -0.2) is 16.2 Å². The first-order valence-electron chi connectivity index (χ1n) is 5.99. The zero-order valence-electron chi connectivity index (χ0n) is 11.0. The Morgan fingerprint density at radius 1 is 1.26 bits per heavy atom. The Hall–Kier alpha value is -1.40. The summed E-state index contributed by atoms with van der Waals surface area (Å²) >= 11 is 1.20. The lowest BCUT2D eigenvalue weighted by atomic mass is 10.1. The van der Waals surface area contributed by atoms with Crippen molar-refractivity contribution in [2.24, 2.45) is 0 Å². The topological polar surface area (TPSA) is 37.8 Å². The molecule has 0 saturated carbocycles. The van der Waals surface area contributed by atoms with Gasteiger partial charge in [-0.3, -0.25) is 0 Å². The molecule has 0 saturated heterocycles. The molecule has 0 fully saturated rings. The third-order valence-electron chi connectivity index (χ3n) is 2.63. The van der Waals surface area contributed by atoms with E-state index in [-0.39, 0.29) is 10.6 Å². The quantitative estimate of drug-likeness (QED) is 0.935. The fourth-order valence-electron chi connectivity index (χ4n) is 1.57. The molecule has 1 aromatic carbocycles.